The molecule has 2 saturated carbocycles. The summed E-state index contributed by atoms with van der Waals surface area (Å²) in [5, 5.41) is 0. The molecule has 1 spiro atoms. The first-order valence-corrected chi connectivity index (χ1v) is 8.60. The zero-order valence-electron chi connectivity index (χ0n) is 13.8. The van der Waals surface area contributed by atoms with Crippen LogP contribution in [0.3, 0.4) is 0 Å². The van der Waals surface area contributed by atoms with Crippen LogP contribution in [0.2, 0.25) is 0 Å². The van der Waals surface area contributed by atoms with Gasteiger partial charge in [-0.15, -0.1) is 0 Å². The van der Waals surface area contributed by atoms with Crippen LogP contribution in [0.5, 0.6) is 0 Å². The van der Waals surface area contributed by atoms with Gasteiger partial charge in [0.2, 0.25) is 11.8 Å². The van der Waals surface area contributed by atoms with Crippen LogP contribution in [0.4, 0.5) is 5.69 Å². The van der Waals surface area contributed by atoms with Crippen molar-refractivity contribution in [3.8, 4) is 0 Å². The normalized spacial score (nSPS) is 35.5. The minimum Gasteiger partial charge on any atom is -0.274 e. The number of fused-ring (bicyclic) bond motifs is 3. The van der Waals surface area contributed by atoms with Gasteiger partial charge in [-0.25, -0.2) is 4.90 Å². The van der Waals surface area contributed by atoms with Crippen molar-refractivity contribution in [2.45, 2.75) is 33.6 Å². The number of anilines is 1. The highest BCUT2D eigenvalue weighted by Crippen LogP contribution is 2.73. The Morgan fingerprint density at radius 3 is 1.83 bits per heavy atom. The van der Waals surface area contributed by atoms with Crippen molar-refractivity contribution in [3.63, 3.8) is 0 Å². The minimum absolute atomic E-state index is 0.0400. The Morgan fingerprint density at radius 1 is 0.913 bits per heavy atom. The lowest BCUT2D eigenvalue weighted by Crippen LogP contribution is -2.35. The molecule has 0 aromatic heterocycles. The average Bonchev–Trinajstić information content (AvgIpc) is 3.08. The number of hydrogen-bond acceptors (Lipinski definition) is 2. The lowest BCUT2D eigenvalue weighted by Gasteiger charge is -2.24. The van der Waals surface area contributed by atoms with Crippen molar-refractivity contribution in [2.24, 2.45) is 29.1 Å². The van der Waals surface area contributed by atoms with Crippen LogP contribution in [0.15, 0.2) is 24.3 Å². The molecule has 3 nitrogen and oxygen atoms in total. The van der Waals surface area contributed by atoms with E-state index in [0.717, 1.165) is 16.8 Å². The number of benzene rings is 1. The highest BCUT2D eigenvalue weighted by molar-refractivity contribution is 6.23. The van der Waals surface area contributed by atoms with Gasteiger partial charge in [0, 0.05) is 0 Å². The van der Waals surface area contributed by atoms with E-state index in [0.29, 0.717) is 11.8 Å². The molecule has 1 heterocycles. The molecule has 1 aromatic carbocycles. The molecule has 2 bridgehead atoms. The molecule has 2 amide bonds. The summed E-state index contributed by atoms with van der Waals surface area (Å²) >= 11 is 0. The number of nitrogens with zero attached hydrogens (tertiary/aromatic N) is 1. The Hall–Kier alpha value is -1.90. The van der Waals surface area contributed by atoms with Gasteiger partial charge in [0.05, 0.1) is 17.5 Å². The van der Waals surface area contributed by atoms with Gasteiger partial charge in [-0.1, -0.05) is 29.8 Å². The molecule has 1 saturated heterocycles. The maximum Gasteiger partial charge on any atom is 0.238 e. The topological polar surface area (TPSA) is 37.4 Å². The second-order valence-electron chi connectivity index (χ2n) is 7.98. The van der Waals surface area contributed by atoms with Gasteiger partial charge in [0.1, 0.15) is 0 Å². The summed E-state index contributed by atoms with van der Waals surface area (Å²) in [4.78, 5) is 27.8. The number of rotatable bonds is 1. The first kappa shape index (κ1) is 13.5. The Balaban J connectivity index is 1.62. The fourth-order valence-electron chi connectivity index (χ4n) is 5.82. The molecular weight excluding hydrogens is 286 g/mol. The van der Waals surface area contributed by atoms with Crippen molar-refractivity contribution in [2.75, 3.05) is 4.90 Å². The predicted molar refractivity (Wildman–Crippen MR) is 87.9 cm³/mol. The number of imide groups is 1. The fraction of sp³-hybridized carbons (Fsp3) is 0.500. The van der Waals surface area contributed by atoms with Gasteiger partial charge >= 0.3 is 0 Å². The minimum atomic E-state index is -0.111. The largest absolute Gasteiger partial charge is 0.274 e. The summed E-state index contributed by atoms with van der Waals surface area (Å²) in [5.74, 6) is 0.451. The van der Waals surface area contributed by atoms with E-state index in [1.54, 1.807) is 0 Å². The van der Waals surface area contributed by atoms with E-state index in [-0.39, 0.29) is 29.1 Å². The number of allylic oxidation sites excluding steroid dienone is 2. The monoisotopic (exact) mass is 307 g/mol. The van der Waals surface area contributed by atoms with E-state index >= 15 is 0 Å². The second-order valence-corrected chi connectivity index (χ2v) is 7.98. The maximum absolute atomic E-state index is 13.2. The molecule has 1 aliphatic heterocycles. The summed E-state index contributed by atoms with van der Waals surface area (Å²) in [6.45, 7) is 6.05. The highest BCUT2D eigenvalue weighted by atomic mass is 16.2. The lowest BCUT2D eigenvalue weighted by molar-refractivity contribution is -0.123. The molecule has 3 heteroatoms. The van der Waals surface area contributed by atoms with Gasteiger partial charge in [0.25, 0.3) is 0 Å². The third kappa shape index (κ3) is 1.42. The first-order chi connectivity index (χ1) is 11.0. The molecule has 0 radical (unpaired) electrons. The number of carbonyl (C=O) groups excluding carboxylic acids is 2. The van der Waals surface area contributed by atoms with Gasteiger partial charge in [-0.05, 0) is 62.0 Å². The highest BCUT2D eigenvalue weighted by Gasteiger charge is 2.73. The molecular formula is C20H21NO2. The van der Waals surface area contributed by atoms with Crippen LogP contribution in [-0.2, 0) is 9.59 Å². The van der Waals surface area contributed by atoms with E-state index in [1.165, 1.54) is 23.3 Å². The molecule has 4 aliphatic rings. The standard InChI is InChI=1S/C20H21NO2/c1-10-8-11(2)17(12(3)9-10)21-18(22)15-13-4-5-14(16(15)19(21)23)20(13)6-7-20/h4-5,8-9,13-16H,6-7H2,1-3H3/t13-,14+,15+,16-. The fourth-order valence-corrected chi connectivity index (χ4v) is 5.82. The summed E-state index contributed by atoms with van der Waals surface area (Å²) in [6.07, 6.45) is 6.82. The summed E-state index contributed by atoms with van der Waals surface area (Å²) < 4.78 is 0. The van der Waals surface area contributed by atoms with E-state index in [9.17, 15) is 9.59 Å². The zero-order valence-corrected chi connectivity index (χ0v) is 13.8. The van der Waals surface area contributed by atoms with E-state index in [1.807, 2.05) is 20.8 Å². The molecule has 23 heavy (non-hydrogen) atoms. The van der Waals surface area contributed by atoms with Gasteiger partial charge in [-0.3, -0.25) is 9.59 Å². The van der Waals surface area contributed by atoms with E-state index in [2.05, 4.69) is 24.3 Å². The van der Waals surface area contributed by atoms with Crippen LogP contribution in [0, 0.1) is 49.9 Å². The van der Waals surface area contributed by atoms with Gasteiger partial charge < -0.3 is 0 Å². The van der Waals surface area contributed by atoms with Crippen LogP contribution in [0.25, 0.3) is 0 Å². The lowest BCUT2D eigenvalue weighted by atomic mass is 9.85. The number of amides is 2. The molecule has 0 N–H and O–H groups in total. The van der Waals surface area contributed by atoms with Gasteiger partial charge in [0.15, 0.2) is 0 Å². The Kier molecular flexibility index (Phi) is 2.32. The molecule has 3 aliphatic carbocycles. The SMILES string of the molecule is Cc1cc(C)c(N2C(=O)[C@@H]3[C@H](C2=O)[C@@H]2C=C[C@H]3C23CC3)c(C)c1. The van der Waals surface area contributed by atoms with E-state index in [4.69, 9.17) is 0 Å². The van der Waals surface area contributed by atoms with Crippen molar-refractivity contribution >= 4 is 17.5 Å². The smallest absolute Gasteiger partial charge is 0.238 e. The van der Waals surface area contributed by atoms with Crippen LogP contribution in [-0.4, -0.2) is 11.8 Å². The number of aryl methyl sites for hydroxylation is 3. The van der Waals surface area contributed by atoms with Crippen molar-refractivity contribution in [1.29, 1.82) is 0 Å². The molecule has 1 aromatic rings. The molecule has 5 rings (SSSR count). The van der Waals surface area contributed by atoms with Gasteiger partial charge in [-0.2, -0.15) is 0 Å². The second kappa shape index (κ2) is 3.95. The molecule has 0 unspecified atom stereocenters. The van der Waals surface area contributed by atoms with Crippen LogP contribution in [0.1, 0.15) is 29.5 Å². The van der Waals surface area contributed by atoms with Crippen LogP contribution < -0.4 is 4.90 Å². The first-order valence-electron chi connectivity index (χ1n) is 8.60. The zero-order chi connectivity index (χ0) is 16.1. The third-order valence-corrected chi connectivity index (χ3v) is 6.71. The Morgan fingerprint density at radius 2 is 1.39 bits per heavy atom. The quantitative estimate of drug-likeness (QED) is 0.589. The van der Waals surface area contributed by atoms with Crippen molar-refractivity contribution in [1.82, 2.24) is 0 Å². The summed E-state index contributed by atoms with van der Waals surface area (Å²) in [6, 6.07) is 4.12. The predicted octanol–water partition coefficient (Wildman–Crippen LogP) is 3.31. The number of hydrogen-bond donors (Lipinski definition) is 0. The van der Waals surface area contributed by atoms with E-state index < -0.39 is 0 Å². The Labute approximate surface area is 136 Å². The van der Waals surface area contributed by atoms with Crippen molar-refractivity contribution in [3.05, 3.63) is 41.0 Å². The summed E-state index contributed by atoms with van der Waals surface area (Å²) in [5.41, 5.74) is 4.30. The maximum atomic E-state index is 13.2. The van der Waals surface area contributed by atoms with Crippen LogP contribution >= 0.6 is 0 Å². The average molecular weight is 307 g/mol. The Bertz CT molecular complexity index is 745. The van der Waals surface area contributed by atoms with Crippen molar-refractivity contribution < 1.29 is 9.59 Å². The molecule has 118 valence electrons. The number of carbonyl (C=O) groups is 2. The molecule has 3 fully saturated rings. The summed E-state index contributed by atoms with van der Waals surface area (Å²) in [7, 11) is 0. The molecule has 4 atom stereocenters. The third-order valence-electron chi connectivity index (χ3n) is 6.71.